The zero-order valence-corrected chi connectivity index (χ0v) is 11.9. The lowest BCUT2D eigenvalue weighted by Crippen LogP contribution is -2.25. The third-order valence-corrected chi connectivity index (χ3v) is 3.88. The van der Waals surface area contributed by atoms with Crippen molar-refractivity contribution in [3.05, 3.63) is 29.3 Å². The van der Waals surface area contributed by atoms with E-state index in [0.29, 0.717) is 11.3 Å². The Labute approximate surface area is 103 Å². The summed E-state index contributed by atoms with van der Waals surface area (Å²) in [6.45, 7) is 6.78. The Hall–Kier alpha value is -0.803. The van der Waals surface area contributed by atoms with Crippen LogP contribution in [0.2, 0.25) is 19.6 Å². The fraction of sp³-hybridized carbons (Fsp3) is 0.417. The van der Waals surface area contributed by atoms with E-state index in [1.807, 2.05) is 12.1 Å². The summed E-state index contributed by atoms with van der Waals surface area (Å²) in [6, 6.07) is 6.55. The molecule has 0 N–H and O–H groups in total. The largest absolute Gasteiger partial charge is 0.496 e. The molecule has 88 valence electrons. The number of methoxy groups -OCH3 is 1. The number of rotatable bonds is 4. The van der Waals surface area contributed by atoms with Crippen molar-refractivity contribution in [2.75, 3.05) is 7.11 Å². The standard InChI is InChI=1S/C12H17ClO2Si/c1-15-10-7-5-6-9(8-16(2,3)4)11(10)12(13)14/h5-7H,8H2,1-4H3. The van der Waals surface area contributed by atoms with E-state index in [-0.39, 0.29) is 0 Å². The van der Waals surface area contributed by atoms with Gasteiger partial charge in [-0.15, -0.1) is 0 Å². The molecule has 0 heterocycles. The van der Waals surface area contributed by atoms with Crippen LogP contribution in [0, 0.1) is 0 Å². The minimum absolute atomic E-state index is 0.439. The van der Waals surface area contributed by atoms with E-state index in [1.54, 1.807) is 13.2 Å². The molecule has 1 aromatic carbocycles. The first kappa shape index (κ1) is 13.3. The van der Waals surface area contributed by atoms with Gasteiger partial charge in [0.1, 0.15) is 5.75 Å². The van der Waals surface area contributed by atoms with Crippen molar-refractivity contribution in [1.29, 1.82) is 0 Å². The molecule has 0 atom stereocenters. The van der Waals surface area contributed by atoms with Crippen LogP contribution in [0.4, 0.5) is 0 Å². The zero-order chi connectivity index (χ0) is 12.3. The van der Waals surface area contributed by atoms with Gasteiger partial charge >= 0.3 is 0 Å². The van der Waals surface area contributed by atoms with Crippen LogP contribution in [0.15, 0.2) is 18.2 Å². The second-order valence-corrected chi connectivity index (χ2v) is 10.8. The van der Waals surface area contributed by atoms with Gasteiger partial charge in [0, 0.05) is 8.07 Å². The highest BCUT2D eigenvalue weighted by Gasteiger charge is 2.21. The van der Waals surface area contributed by atoms with Crippen molar-refractivity contribution in [1.82, 2.24) is 0 Å². The van der Waals surface area contributed by atoms with Gasteiger partial charge in [-0.2, -0.15) is 0 Å². The molecule has 1 rings (SSSR count). The smallest absolute Gasteiger partial charge is 0.256 e. The van der Waals surface area contributed by atoms with Crippen LogP contribution in [-0.4, -0.2) is 20.4 Å². The molecule has 0 unspecified atom stereocenters. The highest BCUT2D eigenvalue weighted by Crippen LogP contribution is 2.26. The first-order valence-electron chi connectivity index (χ1n) is 5.21. The average molecular weight is 257 g/mol. The van der Waals surface area contributed by atoms with E-state index in [1.165, 1.54) is 0 Å². The van der Waals surface area contributed by atoms with Crippen LogP contribution in [0.25, 0.3) is 0 Å². The van der Waals surface area contributed by atoms with Gasteiger partial charge in [-0.25, -0.2) is 0 Å². The first-order valence-corrected chi connectivity index (χ1v) is 9.29. The Balaban J connectivity index is 3.22. The van der Waals surface area contributed by atoms with Crippen LogP contribution in [0.3, 0.4) is 0 Å². The summed E-state index contributed by atoms with van der Waals surface area (Å²) >= 11 is 5.62. The summed E-state index contributed by atoms with van der Waals surface area (Å²) in [4.78, 5) is 11.4. The molecule has 16 heavy (non-hydrogen) atoms. The normalized spacial score (nSPS) is 11.3. The highest BCUT2D eigenvalue weighted by atomic mass is 35.5. The molecule has 0 bridgehead atoms. The molecule has 4 heteroatoms. The Morgan fingerprint density at radius 1 is 1.38 bits per heavy atom. The Morgan fingerprint density at radius 2 is 2.00 bits per heavy atom. The molecule has 0 fully saturated rings. The Morgan fingerprint density at radius 3 is 2.44 bits per heavy atom. The number of hydrogen-bond donors (Lipinski definition) is 0. The molecule has 0 aromatic heterocycles. The Bertz CT molecular complexity index is 396. The molecule has 0 radical (unpaired) electrons. The summed E-state index contributed by atoms with van der Waals surface area (Å²) in [5.41, 5.74) is 1.52. The lowest BCUT2D eigenvalue weighted by molar-refractivity contribution is 0.107. The van der Waals surface area contributed by atoms with Crippen LogP contribution in [0.1, 0.15) is 15.9 Å². The molecule has 0 amide bonds. The maximum Gasteiger partial charge on any atom is 0.256 e. The van der Waals surface area contributed by atoms with E-state index in [2.05, 4.69) is 19.6 Å². The predicted molar refractivity (Wildman–Crippen MR) is 70.2 cm³/mol. The highest BCUT2D eigenvalue weighted by molar-refractivity contribution is 6.75. The molecule has 0 saturated carbocycles. The summed E-state index contributed by atoms with van der Waals surface area (Å²) in [5.74, 6) is 0.566. The SMILES string of the molecule is COc1cccc(C[Si](C)(C)C)c1C(=O)Cl. The lowest BCUT2D eigenvalue weighted by Gasteiger charge is -2.18. The Kier molecular flexibility index (Phi) is 4.16. The van der Waals surface area contributed by atoms with Crippen LogP contribution < -0.4 is 4.74 Å². The molecule has 0 aliphatic carbocycles. The molecule has 0 saturated heterocycles. The third kappa shape index (κ3) is 3.35. The molecule has 1 aromatic rings. The number of carbonyl (C=O) groups excluding carboxylic acids is 1. The minimum atomic E-state index is -1.28. The van der Waals surface area contributed by atoms with E-state index < -0.39 is 13.3 Å². The monoisotopic (exact) mass is 256 g/mol. The van der Waals surface area contributed by atoms with Crippen molar-refractivity contribution in [2.45, 2.75) is 25.7 Å². The minimum Gasteiger partial charge on any atom is -0.496 e. The summed E-state index contributed by atoms with van der Waals surface area (Å²) in [5, 5.41) is -0.439. The van der Waals surface area contributed by atoms with Crippen LogP contribution >= 0.6 is 11.6 Å². The number of benzene rings is 1. The van der Waals surface area contributed by atoms with Crippen LogP contribution in [-0.2, 0) is 6.04 Å². The zero-order valence-electron chi connectivity index (χ0n) is 10.1. The number of ether oxygens (including phenoxy) is 1. The second-order valence-electron chi connectivity index (χ2n) is 5.01. The molecule has 0 aliphatic rings. The summed E-state index contributed by atoms with van der Waals surface area (Å²) in [6.07, 6.45) is 0. The number of carbonyl (C=O) groups is 1. The van der Waals surface area contributed by atoms with Crippen molar-refractivity contribution in [2.24, 2.45) is 0 Å². The van der Waals surface area contributed by atoms with Gasteiger partial charge in [0.2, 0.25) is 0 Å². The number of halogens is 1. The van der Waals surface area contributed by atoms with E-state index in [0.717, 1.165) is 11.6 Å². The molecule has 0 aliphatic heterocycles. The van der Waals surface area contributed by atoms with Gasteiger partial charge in [-0.05, 0) is 29.3 Å². The predicted octanol–water partition coefficient (Wildman–Crippen LogP) is 3.49. The van der Waals surface area contributed by atoms with Gasteiger partial charge < -0.3 is 4.74 Å². The third-order valence-electron chi connectivity index (χ3n) is 2.25. The molecular formula is C12H17ClO2Si. The van der Waals surface area contributed by atoms with Gasteiger partial charge in [0.15, 0.2) is 0 Å². The first-order chi connectivity index (χ1) is 7.35. The maximum atomic E-state index is 11.4. The van der Waals surface area contributed by atoms with Gasteiger partial charge in [-0.1, -0.05) is 31.8 Å². The quantitative estimate of drug-likeness (QED) is 0.609. The van der Waals surface area contributed by atoms with Gasteiger partial charge in [0.05, 0.1) is 12.7 Å². The van der Waals surface area contributed by atoms with E-state index >= 15 is 0 Å². The topological polar surface area (TPSA) is 26.3 Å². The fourth-order valence-electron chi connectivity index (χ4n) is 1.69. The molecule has 0 spiro atoms. The van der Waals surface area contributed by atoms with Gasteiger partial charge in [-0.3, -0.25) is 4.79 Å². The van der Waals surface area contributed by atoms with E-state index in [4.69, 9.17) is 16.3 Å². The summed E-state index contributed by atoms with van der Waals surface area (Å²) in [7, 11) is 0.275. The maximum absolute atomic E-state index is 11.4. The van der Waals surface area contributed by atoms with Crippen molar-refractivity contribution < 1.29 is 9.53 Å². The van der Waals surface area contributed by atoms with E-state index in [9.17, 15) is 4.79 Å². The van der Waals surface area contributed by atoms with Crippen molar-refractivity contribution in [3.63, 3.8) is 0 Å². The molecule has 2 nitrogen and oxygen atoms in total. The fourth-order valence-corrected chi connectivity index (χ4v) is 3.34. The lowest BCUT2D eigenvalue weighted by atomic mass is 10.1. The second kappa shape index (κ2) is 5.02. The molecular weight excluding hydrogens is 240 g/mol. The number of hydrogen-bond acceptors (Lipinski definition) is 2. The summed E-state index contributed by atoms with van der Waals surface area (Å²) < 4.78 is 5.17. The van der Waals surface area contributed by atoms with Crippen LogP contribution in [0.5, 0.6) is 5.75 Å². The van der Waals surface area contributed by atoms with Crippen molar-refractivity contribution >= 4 is 24.9 Å². The van der Waals surface area contributed by atoms with Crippen molar-refractivity contribution in [3.8, 4) is 5.75 Å². The average Bonchev–Trinajstić information content (AvgIpc) is 2.14. The van der Waals surface area contributed by atoms with Gasteiger partial charge in [0.25, 0.3) is 5.24 Å².